The summed E-state index contributed by atoms with van der Waals surface area (Å²) < 4.78 is 11.2. The average molecular weight is 332 g/mol. The van der Waals surface area contributed by atoms with Gasteiger partial charge in [-0.2, -0.15) is 0 Å². The highest BCUT2D eigenvalue weighted by Gasteiger charge is 2.20. The van der Waals surface area contributed by atoms with Gasteiger partial charge < -0.3 is 20.1 Å². The van der Waals surface area contributed by atoms with Crippen LogP contribution in [0.25, 0.3) is 0 Å². The van der Waals surface area contributed by atoms with E-state index < -0.39 is 5.91 Å². The fraction of sp³-hybridized carbons (Fsp3) is 0.353. The number of amides is 1. The largest absolute Gasteiger partial charge is 0.491 e. The molecule has 5 nitrogen and oxygen atoms in total. The first kappa shape index (κ1) is 15.8. The predicted octanol–water partition coefficient (Wildman–Crippen LogP) is 2.31. The zero-order chi connectivity index (χ0) is 16.1. The highest BCUT2D eigenvalue weighted by Crippen LogP contribution is 2.36. The Morgan fingerprint density at radius 1 is 1.26 bits per heavy atom. The fourth-order valence-electron chi connectivity index (χ4n) is 2.50. The van der Waals surface area contributed by atoms with Gasteiger partial charge in [0, 0.05) is 25.6 Å². The smallest absolute Gasteiger partial charge is 0.262 e. The normalized spacial score (nSPS) is 14.7. The number of carbonyl (C=O) groups is 1. The first-order valence-electron chi connectivity index (χ1n) is 7.67. The van der Waals surface area contributed by atoms with Crippen molar-refractivity contribution in [2.24, 2.45) is 5.73 Å². The summed E-state index contributed by atoms with van der Waals surface area (Å²) >= 11 is 1.39. The predicted molar refractivity (Wildman–Crippen MR) is 91.5 cm³/mol. The number of carbonyl (C=O) groups excluding carboxylic acids is 1. The summed E-state index contributed by atoms with van der Waals surface area (Å²) in [6, 6.07) is 12.0. The summed E-state index contributed by atoms with van der Waals surface area (Å²) in [5.41, 5.74) is 6.69. The van der Waals surface area contributed by atoms with Gasteiger partial charge in [0.05, 0.1) is 24.8 Å². The lowest BCUT2D eigenvalue weighted by Crippen LogP contribution is -2.35. The molecule has 0 aliphatic carbocycles. The van der Waals surface area contributed by atoms with Gasteiger partial charge in [0.15, 0.2) is 0 Å². The molecule has 1 aromatic heterocycles. The van der Waals surface area contributed by atoms with Crippen LogP contribution in [0.15, 0.2) is 36.4 Å². The van der Waals surface area contributed by atoms with Crippen LogP contribution in [0.5, 0.6) is 5.75 Å². The molecule has 1 amide bonds. The van der Waals surface area contributed by atoms with Gasteiger partial charge in [-0.25, -0.2) is 0 Å². The molecule has 1 fully saturated rings. The third-order valence-corrected chi connectivity index (χ3v) is 4.91. The summed E-state index contributed by atoms with van der Waals surface area (Å²) in [6.45, 7) is 3.57. The number of nitrogens with two attached hydrogens (primary N) is 1. The molecule has 3 rings (SSSR count). The molecule has 0 spiro atoms. The lowest BCUT2D eigenvalue weighted by molar-refractivity contribution is 0.100. The van der Waals surface area contributed by atoms with Crippen molar-refractivity contribution in [3.8, 4) is 5.75 Å². The van der Waals surface area contributed by atoms with Crippen LogP contribution in [0.2, 0.25) is 0 Å². The molecule has 2 aromatic rings. The van der Waals surface area contributed by atoms with E-state index in [-0.39, 0.29) is 0 Å². The van der Waals surface area contributed by atoms with E-state index >= 15 is 0 Å². The maximum atomic E-state index is 11.7. The number of morpholine rings is 1. The van der Waals surface area contributed by atoms with Gasteiger partial charge in [0.2, 0.25) is 0 Å². The van der Waals surface area contributed by atoms with Crippen LogP contribution in [0.4, 0.5) is 5.00 Å². The minimum atomic E-state index is -0.441. The van der Waals surface area contributed by atoms with Crippen LogP contribution in [0.1, 0.15) is 15.2 Å². The number of hydrogen-bond donors (Lipinski definition) is 1. The lowest BCUT2D eigenvalue weighted by Gasteiger charge is -2.27. The zero-order valence-electron chi connectivity index (χ0n) is 12.9. The molecule has 2 heterocycles. The Balaban J connectivity index is 1.67. The van der Waals surface area contributed by atoms with Crippen LogP contribution in [-0.2, 0) is 11.2 Å². The molecule has 0 unspecified atom stereocenters. The molecule has 23 heavy (non-hydrogen) atoms. The van der Waals surface area contributed by atoms with Crippen LogP contribution >= 0.6 is 11.3 Å². The SMILES string of the molecule is NC(=O)c1sc(N2CCOCC2)cc1OCCc1ccccc1. The number of hydrogen-bond acceptors (Lipinski definition) is 5. The zero-order valence-corrected chi connectivity index (χ0v) is 13.7. The van der Waals surface area contributed by atoms with E-state index in [1.165, 1.54) is 16.9 Å². The van der Waals surface area contributed by atoms with Gasteiger partial charge in [0.25, 0.3) is 5.91 Å². The van der Waals surface area contributed by atoms with E-state index in [4.69, 9.17) is 15.2 Å². The molecular formula is C17H20N2O3S. The van der Waals surface area contributed by atoms with E-state index in [0.717, 1.165) is 24.5 Å². The van der Waals surface area contributed by atoms with Crippen molar-refractivity contribution < 1.29 is 14.3 Å². The monoisotopic (exact) mass is 332 g/mol. The van der Waals surface area contributed by atoms with E-state index in [2.05, 4.69) is 17.0 Å². The number of primary amides is 1. The number of ether oxygens (including phenoxy) is 2. The van der Waals surface area contributed by atoms with Crippen molar-refractivity contribution in [2.45, 2.75) is 6.42 Å². The second kappa shape index (κ2) is 7.48. The summed E-state index contributed by atoms with van der Waals surface area (Å²) in [4.78, 5) is 14.3. The highest BCUT2D eigenvalue weighted by molar-refractivity contribution is 7.18. The van der Waals surface area contributed by atoms with Gasteiger partial charge in [-0.15, -0.1) is 11.3 Å². The molecule has 6 heteroatoms. The molecule has 0 radical (unpaired) electrons. The van der Waals surface area contributed by atoms with Crippen molar-refractivity contribution in [1.82, 2.24) is 0 Å². The van der Waals surface area contributed by atoms with Gasteiger partial charge in [0.1, 0.15) is 10.6 Å². The lowest BCUT2D eigenvalue weighted by atomic mass is 10.2. The minimum Gasteiger partial charge on any atom is -0.491 e. The summed E-state index contributed by atoms with van der Waals surface area (Å²) in [5.74, 6) is 0.143. The van der Waals surface area contributed by atoms with Gasteiger partial charge in [-0.1, -0.05) is 30.3 Å². The quantitative estimate of drug-likeness (QED) is 0.881. The third kappa shape index (κ3) is 4.03. The van der Waals surface area contributed by atoms with Crippen molar-refractivity contribution in [3.63, 3.8) is 0 Å². The van der Waals surface area contributed by atoms with Crippen molar-refractivity contribution in [1.29, 1.82) is 0 Å². The summed E-state index contributed by atoms with van der Waals surface area (Å²) in [7, 11) is 0. The number of anilines is 1. The average Bonchev–Trinajstić information content (AvgIpc) is 3.01. The molecule has 1 aliphatic rings. The summed E-state index contributed by atoms with van der Waals surface area (Å²) in [5, 5.41) is 1.01. The van der Waals surface area contributed by atoms with Crippen LogP contribution in [0.3, 0.4) is 0 Å². The number of thiophene rings is 1. The molecular weight excluding hydrogens is 312 g/mol. The Labute approximate surface area is 139 Å². The fourth-order valence-corrected chi connectivity index (χ4v) is 3.51. The number of nitrogens with zero attached hydrogens (tertiary/aromatic N) is 1. The Kier molecular flexibility index (Phi) is 5.15. The number of benzene rings is 1. The molecule has 1 saturated heterocycles. The van der Waals surface area contributed by atoms with Crippen LogP contribution < -0.4 is 15.4 Å². The Morgan fingerprint density at radius 2 is 2.00 bits per heavy atom. The summed E-state index contributed by atoms with van der Waals surface area (Å²) in [6.07, 6.45) is 0.793. The van der Waals surface area contributed by atoms with Crippen LogP contribution in [0, 0.1) is 0 Å². The highest BCUT2D eigenvalue weighted by atomic mass is 32.1. The van der Waals surface area contributed by atoms with Crippen molar-refractivity contribution in [3.05, 3.63) is 46.8 Å². The maximum Gasteiger partial charge on any atom is 0.262 e. The minimum absolute atomic E-state index is 0.441. The Hall–Kier alpha value is -2.05. The molecule has 2 N–H and O–H groups in total. The third-order valence-electron chi connectivity index (χ3n) is 3.72. The molecule has 1 aromatic carbocycles. The second-order valence-electron chi connectivity index (χ2n) is 5.33. The molecule has 0 bridgehead atoms. The molecule has 0 saturated carbocycles. The Bertz CT molecular complexity index is 651. The van der Waals surface area contributed by atoms with E-state index in [1.807, 2.05) is 24.3 Å². The first-order valence-corrected chi connectivity index (χ1v) is 8.49. The van der Waals surface area contributed by atoms with Crippen molar-refractivity contribution >= 4 is 22.2 Å². The topological polar surface area (TPSA) is 64.8 Å². The standard InChI is InChI=1S/C17H20N2O3S/c18-17(20)16-14(22-9-6-13-4-2-1-3-5-13)12-15(23-16)19-7-10-21-11-8-19/h1-5,12H,6-11H2,(H2,18,20). The van der Waals surface area contributed by atoms with Crippen molar-refractivity contribution in [2.75, 3.05) is 37.8 Å². The molecule has 0 atom stereocenters. The van der Waals surface area contributed by atoms with Gasteiger partial charge in [-0.3, -0.25) is 4.79 Å². The molecule has 122 valence electrons. The first-order chi connectivity index (χ1) is 11.2. The maximum absolute atomic E-state index is 11.7. The Morgan fingerprint density at radius 3 is 2.70 bits per heavy atom. The second-order valence-corrected chi connectivity index (χ2v) is 6.36. The van der Waals surface area contributed by atoms with Gasteiger partial charge in [-0.05, 0) is 5.56 Å². The van der Waals surface area contributed by atoms with E-state index in [9.17, 15) is 4.79 Å². The van der Waals surface area contributed by atoms with E-state index in [1.54, 1.807) is 0 Å². The van der Waals surface area contributed by atoms with E-state index in [0.29, 0.717) is 30.4 Å². The van der Waals surface area contributed by atoms with Gasteiger partial charge >= 0.3 is 0 Å². The molecule has 1 aliphatic heterocycles. The van der Waals surface area contributed by atoms with Crippen LogP contribution in [-0.4, -0.2) is 38.8 Å². The number of rotatable bonds is 6.